The maximum Gasteiger partial charge on any atom is 0.173 e. The molecule has 1 unspecified atom stereocenters. The van der Waals surface area contributed by atoms with Gasteiger partial charge in [-0.2, -0.15) is 0 Å². The highest BCUT2D eigenvalue weighted by Gasteiger charge is 2.20. The van der Waals surface area contributed by atoms with E-state index >= 15 is 0 Å². The SMILES string of the molecule is CC1CCCCN1C(=S)Nc1ccc(Cl)cc1Cl. The molecule has 5 heteroatoms. The quantitative estimate of drug-likeness (QED) is 0.765. The van der Waals surface area contributed by atoms with Gasteiger partial charge in [0.25, 0.3) is 0 Å². The first-order chi connectivity index (χ1) is 8.58. The predicted octanol–water partition coefficient (Wildman–Crippen LogP) is 4.56. The van der Waals surface area contributed by atoms with E-state index in [4.69, 9.17) is 35.4 Å². The zero-order chi connectivity index (χ0) is 13.1. The van der Waals surface area contributed by atoms with Crippen molar-refractivity contribution >= 4 is 46.2 Å². The molecule has 0 aromatic heterocycles. The third-order valence-corrected chi connectivity index (χ3v) is 4.12. The number of rotatable bonds is 1. The highest BCUT2D eigenvalue weighted by molar-refractivity contribution is 7.80. The van der Waals surface area contributed by atoms with Crippen LogP contribution in [0.4, 0.5) is 5.69 Å². The molecule has 1 heterocycles. The second-order valence-electron chi connectivity index (χ2n) is 4.59. The van der Waals surface area contributed by atoms with E-state index in [-0.39, 0.29) is 0 Å². The van der Waals surface area contributed by atoms with Crippen LogP contribution in [0.3, 0.4) is 0 Å². The van der Waals surface area contributed by atoms with Gasteiger partial charge in [-0.1, -0.05) is 23.2 Å². The lowest BCUT2D eigenvalue weighted by molar-refractivity contribution is 0.262. The topological polar surface area (TPSA) is 15.3 Å². The van der Waals surface area contributed by atoms with Crippen LogP contribution in [0.15, 0.2) is 18.2 Å². The van der Waals surface area contributed by atoms with Gasteiger partial charge in [-0.25, -0.2) is 0 Å². The van der Waals surface area contributed by atoms with Crippen LogP contribution in [0.1, 0.15) is 26.2 Å². The van der Waals surface area contributed by atoms with E-state index in [2.05, 4.69) is 17.1 Å². The van der Waals surface area contributed by atoms with Crippen LogP contribution in [-0.4, -0.2) is 22.6 Å². The molecule has 1 aromatic rings. The van der Waals surface area contributed by atoms with E-state index < -0.39 is 0 Å². The average Bonchev–Trinajstić information content (AvgIpc) is 2.33. The van der Waals surface area contributed by atoms with E-state index in [1.165, 1.54) is 19.3 Å². The Hall–Kier alpha value is -0.510. The number of benzene rings is 1. The summed E-state index contributed by atoms with van der Waals surface area (Å²) in [7, 11) is 0. The molecule has 0 aliphatic carbocycles. The molecule has 18 heavy (non-hydrogen) atoms. The molecule has 0 bridgehead atoms. The van der Waals surface area contributed by atoms with E-state index in [1.54, 1.807) is 12.1 Å². The number of thiocarbonyl (C=S) groups is 1. The average molecular weight is 303 g/mol. The molecule has 0 radical (unpaired) electrons. The standard InChI is InChI=1S/C13H16Cl2N2S/c1-9-4-2-3-7-17(9)13(18)16-12-6-5-10(14)8-11(12)15/h5-6,8-9H,2-4,7H2,1H3,(H,16,18). The van der Waals surface area contributed by atoms with Crippen molar-refractivity contribution in [2.45, 2.75) is 32.2 Å². The largest absolute Gasteiger partial charge is 0.346 e. The van der Waals surface area contributed by atoms with Crippen LogP contribution in [-0.2, 0) is 0 Å². The molecule has 1 aliphatic rings. The van der Waals surface area contributed by atoms with Gasteiger partial charge in [-0.15, -0.1) is 0 Å². The Kier molecular flexibility index (Phi) is 4.71. The van der Waals surface area contributed by atoms with Crippen molar-refractivity contribution in [3.63, 3.8) is 0 Å². The first-order valence-corrected chi connectivity index (χ1v) is 7.27. The normalized spacial score (nSPS) is 19.7. The Labute approximate surface area is 123 Å². The third-order valence-electron chi connectivity index (χ3n) is 3.24. The Morgan fingerprint density at radius 2 is 2.17 bits per heavy atom. The minimum Gasteiger partial charge on any atom is -0.346 e. The summed E-state index contributed by atoms with van der Waals surface area (Å²) in [6.07, 6.45) is 3.67. The Balaban J connectivity index is 2.06. The first kappa shape index (κ1) is 13.9. The summed E-state index contributed by atoms with van der Waals surface area (Å²) in [5.74, 6) is 0. The van der Waals surface area contributed by atoms with E-state index in [9.17, 15) is 0 Å². The van der Waals surface area contributed by atoms with E-state index in [1.807, 2.05) is 6.07 Å². The molecule has 1 aliphatic heterocycles. The Bertz CT molecular complexity index is 451. The van der Waals surface area contributed by atoms with Crippen molar-refractivity contribution in [2.24, 2.45) is 0 Å². The predicted molar refractivity (Wildman–Crippen MR) is 82.7 cm³/mol. The molecule has 0 saturated carbocycles. The third kappa shape index (κ3) is 3.28. The van der Waals surface area contributed by atoms with Crippen LogP contribution in [0, 0.1) is 0 Å². The summed E-state index contributed by atoms with van der Waals surface area (Å²) < 4.78 is 0. The maximum atomic E-state index is 6.12. The molecule has 1 fully saturated rings. The van der Waals surface area contributed by atoms with E-state index in [0.717, 1.165) is 17.3 Å². The number of likely N-dealkylation sites (tertiary alicyclic amines) is 1. The van der Waals surface area contributed by atoms with Gasteiger partial charge in [-0.3, -0.25) is 0 Å². The van der Waals surface area contributed by atoms with Crippen LogP contribution in [0.25, 0.3) is 0 Å². The molecule has 2 nitrogen and oxygen atoms in total. The van der Waals surface area contributed by atoms with Crippen molar-refractivity contribution < 1.29 is 0 Å². The summed E-state index contributed by atoms with van der Waals surface area (Å²) in [6.45, 7) is 3.22. The fraction of sp³-hybridized carbons (Fsp3) is 0.462. The Morgan fingerprint density at radius 3 is 2.83 bits per heavy atom. The molecular weight excluding hydrogens is 287 g/mol. The number of hydrogen-bond donors (Lipinski definition) is 1. The van der Waals surface area contributed by atoms with Crippen molar-refractivity contribution in [2.75, 3.05) is 11.9 Å². The smallest absolute Gasteiger partial charge is 0.173 e. The molecule has 1 saturated heterocycles. The van der Waals surface area contributed by atoms with Gasteiger partial charge in [0.2, 0.25) is 0 Å². The number of anilines is 1. The summed E-state index contributed by atoms with van der Waals surface area (Å²) in [5, 5.41) is 5.17. The second-order valence-corrected chi connectivity index (χ2v) is 5.82. The molecular formula is C13H16Cl2N2S. The number of halogens is 2. The molecule has 1 aromatic carbocycles. The molecule has 1 atom stereocenters. The highest BCUT2D eigenvalue weighted by atomic mass is 35.5. The first-order valence-electron chi connectivity index (χ1n) is 6.10. The number of piperidine rings is 1. The minimum absolute atomic E-state index is 0.491. The molecule has 2 rings (SSSR count). The zero-order valence-corrected chi connectivity index (χ0v) is 12.6. The van der Waals surface area contributed by atoms with Gasteiger partial charge in [0.1, 0.15) is 0 Å². The van der Waals surface area contributed by atoms with Gasteiger partial charge in [0.05, 0.1) is 10.7 Å². The van der Waals surface area contributed by atoms with Gasteiger partial charge in [0.15, 0.2) is 5.11 Å². The van der Waals surface area contributed by atoms with Gasteiger partial charge >= 0.3 is 0 Å². The lowest BCUT2D eigenvalue weighted by atomic mass is 10.0. The number of nitrogens with zero attached hydrogens (tertiary/aromatic N) is 1. The van der Waals surface area contributed by atoms with Crippen LogP contribution in [0.2, 0.25) is 10.0 Å². The van der Waals surface area contributed by atoms with Gasteiger partial charge in [-0.05, 0) is 56.6 Å². The molecule has 0 amide bonds. The van der Waals surface area contributed by atoms with Crippen molar-refractivity contribution in [1.29, 1.82) is 0 Å². The van der Waals surface area contributed by atoms with Crippen LogP contribution in [0.5, 0.6) is 0 Å². The minimum atomic E-state index is 0.491. The highest BCUT2D eigenvalue weighted by Crippen LogP contribution is 2.26. The van der Waals surface area contributed by atoms with Crippen LogP contribution >= 0.6 is 35.4 Å². The summed E-state index contributed by atoms with van der Waals surface area (Å²) in [6, 6.07) is 5.86. The fourth-order valence-electron chi connectivity index (χ4n) is 2.18. The summed E-state index contributed by atoms with van der Waals surface area (Å²) in [5.41, 5.74) is 0.809. The molecule has 1 N–H and O–H groups in total. The van der Waals surface area contributed by atoms with E-state index in [0.29, 0.717) is 16.1 Å². The maximum absolute atomic E-state index is 6.12. The molecule has 0 spiro atoms. The Morgan fingerprint density at radius 1 is 1.39 bits per heavy atom. The lowest BCUT2D eigenvalue weighted by Gasteiger charge is -2.35. The van der Waals surface area contributed by atoms with Crippen molar-refractivity contribution in [3.05, 3.63) is 28.2 Å². The monoisotopic (exact) mass is 302 g/mol. The fourth-order valence-corrected chi connectivity index (χ4v) is 3.01. The summed E-state index contributed by atoms with van der Waals surface area (Å²) >= 11 is 17.4. The van der Waals surface area contributed by atoms with Gasteiger partial charge < -0.3 is 10.2 Å². The molecule has 98 valence electrons. The van der Waals surface area contributed by atoms with Gasteiger partial charge in [0, 0.05) is 17.6 Å². The van der Waals surface area contributed by atoms with Crippen molar-refractivity contribution in [3.8, 4) is 0 Å². The lowest BCUT2D eigenvalue weighted by Crippen LogP contribution is -2.44. The number of nitrogens with one attached hydrogen (secondary N) is 1. The summed E-state index contributed by atoms with van der Waals surface area (Å²) in [4.78, 5) is 2.23. The zero-order valence-electron chi connectivity index (χ0n) is 10.2. The van der Waals surface area contributed by atoms with Crippen molar-refractivity contribution in [1.82, 2.24) is 4.90 Å². The van der Waals surface area contributed by atoms with Crippen LogP contribution < -0.4 is 5.32 Å². The number of hydrogen-bond acceptors (Lipinski definition) is 1. The second kappa shape index (κ2) is 6.09.